The van der Waals surface area contributed by atoms with E-state index in [0.29, 0.717) is 23.7 Å². The number of para-hydroxylation sites is 2. The van der Waals surface area contributed by atoms with Gasteiger partial charge in [-0.3, -0.25) is 4.99 Å². The van der Waals surface area contributed by atoms with Crippen LogP contribution in [0.25, 0.3) is 0 Å². The Balaban J connectivity index is 1.64. The SMILES string of the molecule is Oc1ccc(Cl)c(C=NCC2COc3ccccc3O2)c1. The summed E-state index contributed by atoms with van der Waals surface area (Å²) in [6.07, 6.45) is 1.50. The maximum atomic E-state index is 9.43. The Hall–Kier alpha value is -2.20. The molecule has 0 amide bonds. The summed E-state index contributed by atoms with van der Waals surface area (Å²) in [5.41, 5.74) is 0.675. The van der Waals surface area contributed by atoms with Crippen LogP contribution in [0.15, 0.2) is 47.5 Å². The molecule has 0 bridgehead atoms. The van der Waals surface area contributed by atoms with Gasteiger partial charge in [-0.15, -0.1) is 0 Å². The molecule has 4 nitrogen and oxygen atoms in total. The predicted octanol–water partition coefficient (Wildman–Crippen LogP) is 3.30. The van der Waals surface area contributed by atoms with Crippen LogP contribution in [-0.2, 0) is 0 Å². The van der Waals surface area contributed by atoms with Crippen LogP contribution in [0.1, 0.15) is 5.56 Å². The van der Waals surface area contributed by atoms with Crippen LogP contribution in [-0.4, -0.2) is 30.6 Å². The van der Waals surface area contributed by atoms with Crippen LogP contribution >= 0.6 is 11.6 Å². The van der Waals surface area contributed by atoms with E-state index in [4.69, 9.17) is 21.1 Å². The van der Waals surface area contributed by atoms with Gasteiger partial charge in [-0.2, -0.15) is 0 Å². The molecule has 0 aromatic heterocycles. The van der Waals surface area contributed by atoms with Crippen LogP contribution in [0.5, 0.6) is 17.2 Å². The van der Waals surface area contributed by atoms with Crippen molar-refractivity contribution in [3.63, 3.8) is 0 Å². The molecule has 2 aromatic carbocycles. The molecule has 1 heterocycles. The normalized spacial score (nSPS) is 17.1. The van der Waals surface area contributed by atoms with Gasteiger partial charge < -0.3 is 14.6 Å². The van der Waals surface area contributed by atoms with Crippen molar-refractivity contribution in [1.82, 2.24) is 0 Å². The van der Waals surface area contributed by atoms with E-state index in [-0.39, 0.29) is 11.9 Å². The molecule has 1 aliphatic rings. The average Bonchev–Trinajstić information content (AvgIpc) is 2.50. The number of nitrogens with zero attached hydrogens (tertiary/aromatic N) is 1. The van der Waals surface area contributed by atoms with E-state index < -0.39 is 0 Å². The summed E-state index contributed by atoms with van der Waals surface area (Å²) in [4.78, 5) is 4.31. The fourth-order valence-electron chi connectivity index (χ4n) is 2.05. The molecule has 0 spiro atoms. The van der Waals surface area contributed by atoms with Crippen LogP contribution in [0.2, 0.25) is 5.02 Å². The fraction of sp³-hybridized carbons (Fsp3) is 0.188. The van der Waals surface area contributed by atoms with Gasteiger partial charge in [0.05, 0.1) is 6.54 Å². The molecule has 1 unspecified atom stereocenters. The van der Waals surface area contributed by atoms with E-state index in [1.165, 1.54) is 6.07 Å². The van der Waals surface area contributed by atoms with Crippen molar-refractivity contribution < 1.29 is 14.6 Å². The predicted molar refractivity (Wildman–Crippen MR) is 81.9 cm³/mol. The van der Waals surface area contributed by atoms with Gasteiger partial charge in [-0.1, -0.05) is 23.7 Å². The van der Waals surface area contributed by atoms with Crippen molar-refractivity contribution in [2.45, 2.75) is 6.10 Å². The van der Waals surface area contributed by atoms with Gasteiger partial charge in [-0.05, 0) is 30.3 Å². The van der Waals surface area contributed by atoms with E-state index in [1.54, 1.807) is 18.3 Å². The van der Waals surface area contributed by atoms with Crippen LogP contribution in [0.3, 0.4) is 0 Å². The van der Waals surface area contributed by atoms with Crippen molar-refractivity contribution in [2.75, 3.05) is 13.2 Å². The molecule has 1 atom stereocenters. The van der Waals surface area contributed by atoms with Crippen molar-refractivity contribution in [2.24, 2.45) is 4.99 Å². The van der Waals surface area contributed by atoms with Gasteiger partial charge in [-0.25, -0.2) is 0 Å². The molecule has 1 N–H and O–H groups in total. The summed E-state index contributed by atoms with van der Waals surface area (Å²) in [6, 6.07) is 12.3. The molecule has 0 saturated carbocycles. The third kappa shape index (κ3) is 3.28. The van der Waals surface area contributed by atoms with Crippen molar-refractivity contribution >= 4 is 17.8 Å². The third-order valence-corrected chi connectivity index (χ3v) is 3.43. The minimum atomic E-state index is -0.132. The molecule has 0 aliphatic carbocycles. The van der Waals surface area contributed by atoms with E-state index in [2.05, 4.69) is 4.99 Å². The van der Waals surface area contributed by atoms with Gasteiger partial charge in [0.1, 0.15) is 12.4 Å². The summed E-state index contributed by atoms with van der Waals surface area (Å²) < 4.78 is 11.4. The van der Waals surface area contributed by atoms with Crippen molar-refractivity contribution in [3.8, 4) is 17.2 Å². The number of phenolic OH excluding ortho intramolecular Hbond substituents is 1. The largest absolute Gasteiger partial charge is 0.508 e. The number of phenols is 1. The third-order valence-electron chi connectivity index (χ3n) is 3.09. The topological polar surface area (TPSA) is 51.1 Å². The lowest BCUT2D eigenvalue weighted by molar-refractivity contribution is 0.0973. The summed E-state index contributed by atoms with van der Waals surface area (Å²) in [7, 11) is 0. The second-order valence-corrected chi connectivity index (χ2v) is 5.10. The summed E-state index contributed by atoms with van der Waals surface area (Å²) in [6.45, 7) is 0.919. The molecule has 2 aromatic rings. The Morgan fingerprint density at radius 2 is 2.05 bits per heavy atom. The Morgan fingerprint density at radius 3 is 2.90 bits per heavy atom. The maximum absolute atomic E-state index is 9.43. The van der Waals surface area contributed by atoms with E-state index in [1.807, 2.05) is 24.3 Å². The number of hydrogen-bond donors (Lipinski definition) is 1. The van der Waals surface area contributed by atoms with Gasteiger partial charge in [0.15, 0.2) is 17.6 Å². The Labute approximate surface area is 127 Å². The van der Waals surface area contributed by atoms with Crippen molar-refractivity contribution in [1.29, 1.82) is 0 Å². The molecule has 108 valence electrons. The van der Waals surface area contributed by atoms with E-state index in [9.17, 15) is 5.11 Å². The number of rotatable bonds is 3. The van der Waals surface area contributed by atoms with Crippen molar-refractivity contribution in [3.05, 3.63) is 53.1 Å². The van der Waals surface area contributed by atoms with Gasteiger partial charge in [0.25, 0.3) is 0 Å². The molecule has 1 aliphatic heterocycles. The smallest absolute Gasteiger partial charge is 0.161 e. The molecule has 0 saturated heterocycles. The van der Waals surface area contributed by atoms with Gasteiger partial charge >= 0.3 is 0 Å². The lowest BCUT2D eigenvalue weighted by Gasteiger charge is -2.25. The van der Waals surface area contributed by atoms with Crippen LogP contribution in [0, 0.1) is 0 Å². The minimum absolute atomic E-state index is 0.132. The minimum Gasteiger partial charge on any atom is -0.508 e. The monoisotopic (exact) mass is 303 g/mol. The lowest BCUT2D eigenvalue weighted by Crippen LogP contribution is -2.31. The van der Waals surface area contributed by atoms with Crippen LogP contribution in [0.4, 0.5) is 0 Å². The van der Waals surface area contributed by atoms with E-state index >= 15 is 0 Å². The highest BCUT2D eigenvalue weighted by Gasteiger charge is 2.19. The number of hydrogen-bond acceptors (Lipinski definition) is 4. The second-order valence-electron chi connectivity index (χ2n) is 4.70. The van der Waals surface area contributed by atoms with Crippen LogP contribution < -0.4 is 9.47 Å². The molecule has 3 rings (SSSR count). The standard InChI is InChI=1S/C16H14ClNO3/c17-14-6-5-12(19)7-11(14)8-18-9-13-10-20-15-3-1-2-4-16(15)21-13/h1-8,13,19H,9-10H2. The Bertz CT molecular complexity index is 672. The first kappa shape index (κ1) is 13.8. The first-order valence-corrected chi connectivity index (χ1v) is 6.97. The Morgan fingerprint density at radius 1 is 1.24 bits per heavy atom. The van der Waals surface area contributed by atoms with Gasteiger partial charge in [0, 0.05) is 16.8 Å². The average molecular weight is 304 g/mol. The van der Waals surface area contributed by atoms with E-state index in [0.717, 1.165) is 11.5 Å². The molecule has 0 fully saturated rings. The highest BCUT2D eigenvalue weighted by atomic mass is 35.5. The molecular formula is C16H14ClNO3. The first-order chi connectivity index (χ1) is 10.2. The molecular weight excluding hydrogens is 290 g/mol. The Kier molecular flexibility index (Phi) is 3.97. The number of aromatic hydroxyl groups is 1. The zero-order valence-corrected chi connectivity index (χ0v) is 12.0. The quantitative estimate of drug-likeness (QED) is 0.885. The summed E-state index contributed by atoms with van der Waals surface area (Å²) in [5.74, 6) is 1.65. The highest BCUT2D eigenvalue weighted by molar-refractivity contribution is 6.33. The summed E-state index contributed by atoms with van der Waals surface area (Å²) >= 11 is 6.03. The molecule has 0 radical (unpaired) electrons. The number of benzene rings is 2. The summed E-state index contributed by atoms with van der Waals surface area (Å²) in [5, 5.41) is 9.97. The number of ether oxygens (including phenoxy) is 2. The zero-order chi connectivity index (χ0) is 14.7. The molecule has 5 heteroatoms. The second kappa shape index (κ2) is 6.06. The zero-order valence-electron chi connectivity index (χ0n) is 11.2. The van der Waals surface area contributed by atoms with Gasteiger partial charge in [0.2, 0.25) is 0 Å². The fourth-order valence-corrected chi connectivity index (χ4v) is 2.22. The number of fused-ring (bicyclic) bond motifs is 1. The molecule has 21 heavy (non-hydrogen) atoms. The highest BCUT2D eigenvalue weighted by Crippen LogP contribution is 2.30. The number of halogens is 1. The first-order valence-electron chi connectivity index (χ1n) is 6.59. The maximum Gasteiger partial charge on any atom is 0.161 e. The number of aliphatic imine (C=N–C) groups is 1. The lowest BCUT2D eigenvalue weighted by atomic mass is 10.2.